The number of aryl methyl sites for hydroxylation is 6. The maximum Gasteiger partial charge on any atom is 0.300 e. The number of ether oxygens (including phenoxy) is 1. The molecule has 724 valence electrons. The number of fused-ring (bicyclic) bond motifs is 18. The fourth-order valence-electron chi connectivity index (χ4n) is 22.2. The van der Waals surface area contributed by atoms with Gasteiger partial charge in [-0.3, -0.25) is 62.2 Å². The first-order valence-corrected chi connectivity index (χ1v) is 48.5. The molecule has 3 N–H and O–H groups in total. The van der Waals surface area contributed by atoms with Crippen molar-refractivity contribution in [2.45, 2.75) is 177 Å². The van der Waals surface area contributed by atoms with E-state index in [0.29, 0.717) is 163 Å². The highest BCUT2D eigenvalue weighted by Crippen LogP contribution is 2.53. The number of hydrogen-bond acceptors (Lipinski definition) is 17. The minimum absolute atomic E-state index is 0.0156. The monoisotopic (exact) mass is 1960 g/mol. The van der Waals surface area contributed by atoms with Gasteiger partial charge in [0.15, 0.2) is 17.5 Å². The minimum Gasteiger partial charge on any atom is -0.486 e. The van der Waals surface area contributed by atoms with E-state index in [9.17, 15) is 28.8 Å². The second-order valence-corrected chi connectivity index (χ2v) is 39.9. The van der Waals surface area contributed by atoms with Crippen molar-refractivity contribution in [3.63, 3.8) is 0 Å². The topological polar surface area (TPSA) is 291 Å². The van der Waals surface area contributed by atoms with E-state index in [0.717, 1.165) is 38.9 Å². The van der Waals surface area contributed by atoms with Gasteiger partial charge in [-0.2, -0.15) is 0 Å². The number of piperazine rings is 3. The van der Waals surface area contributed by atoms with Crippen molar-refractivity contribution < 1.29 is 37.1 Å². The Morgan fingerprint density at radius 2 is 0.780 bits per heavy atom. The number of likely N-dealkylation sites (N-methyl/N-ethyl adjacent to an activating group) is 1. The van der Waals surface area contributed by atoms with Crippen molar-refractivity contribution in [3.8, 4) is 56.2 Å². The van der Waals surface area contributed by atoms with Crippen molar-refractivity contribution in [1.29, 1.82) is 0 Å². The smallest absolute Gasteiger partial charge is 0.300 e. The molecule has 6 aliphatic heterocycles. The van der Waals surface area contributed by atoms with Crippen LogP contribution in [0, 0.1) is 59.0 Å². The van der Waals surface area contributed by atoms with E-state index in [1.165, 1.54) is 32.3 Å². The van der Waals surface area contributed by atoms with Crippen LogP contribution in [0.15, 0.2) is 163 Å². The van der Waals surface area contributed by atoms with Crippen LogP contribution in [-0.4, -0.2) is 186 Å². The lowest BCUT2D eigenvalue weighted by Crippen LogP contribution is -2.66. The number of benzene rings is 6. The van der Waals surface area contributed by atoms with E-state index in [-0.39, 0.29) is 157 Å². The summed E-state index contributed by atoms with van der Waals surface area (Å²) in [6.45, 7) is 42.4. The number of halogens is 6. The predicted molar refractivity (Wildman–Crippen MR) is 552 cm³/mol. The van der Waals surface area contributed by atoms with E-state index < -0.39 is 34.6 Å². The lowest BCUT2D eigenvalue weighted by Gasteiger charge is -2.50. The Hall–Kier alpha value is -14.2. The lowest BCUT2D eigenvalue weighted by molar-refractivity contribution is -0.131. The molecule has 3 saturated heterocycles. The molecule has 0 aliphatic carbocycles. The summed E-state index contributed by atoms with van der Waals surface area (Å²) in [5.74, 6) is -2.92. The van der Waals surface area contributed by atoms with Crippen molar-refractivity contribution in [2.75, 3.05) is 72.5 Å². The highest BCUT2D eigenvalue weighted by molar-refractivity contribution is 6.37. The molecule has 0 saturated carbocycles. The normalized spacial score (nSPS) is 17.9. The number of carbonyl (C=O) groups excluding carboxylic acids is 4. The molecule has 6 unspecified atom stereocenters. The SMILES string of the molecule is C=CC(=O)N1CC2C(=O)N(C)c3c(c4cc(Cl)c(-c5c(C)ccc6[nH]cnc56)c(F)c4n(-c4c(C)ccnc4C(C)C)c3=O)N2CC1C.C=CC(=O)N1CC2CCOc3c(c4cc(Cl)c(-c5c(C)ccc6[nH]cnc56)c(F)c4n(-c4c(C)ccnc4C(C)C)c3=O)N2CC1C.C=CC(=O)N1CC2CCc3c(c4cc(Cl)c(-c5c(C)ccc6[nH]cnc56)c(F)c4n(-c4c(C)ccnc4C(C)C)c3=O)N2CC1C. The molecule has 6 atom stereocenters. The number of aromatic amines is 3. The summed E-state index contributed by atoms with van der Waals surface area (Å²) < 4.78 is 64.0. The van der Waals surface area contributed by atoms with Gasteiger partial charge in [0.2, 0.25) is 23.5 Å². The van der Waals surface area contributed by atoms with E-state index in [4.69, 9.17) is 39.5 Å². The lowest BCUT2D eigenvalue weighted by atomic mass is 9.89. The molecule has 0 radical (unpaired) electrons. The van der Waals surface area contributed by atoms with E-state index in [1.807, 2.05) is 168 Å². The zero-order valence-electron chi connectivity index (χ0n) is 81.2. The van der Waals surface area contributed by atoms with Gasteiger partial charge < -0.3 is 54.0 Å². The van der Waals surface area contributed by atoms with E-state index in [2.05, 4.69) is 74.4 Å². The molecule has 27 nitrogen and oxygen atoms in total. The molecule has 6 aromatic carbocycles. The highest BCUT2D eigenvalue weighted by Gasteiger charge is 2.49. The maximum absolute atomic E-state index is 17.8. The number of aromatic nitrogens is 12. The average molecular weight is 1960 g/mol. The van der Waals surface area contributed by atoms with Gasteiger partial charge in [0.25, 0.3) is 22.6 Å². The Bertz CT molecular complexity index is 8070. The zero-order valence-corrected chi connectivity index (χ0v) is 83.5. The number of H-pyrrole nitrogens is 3. The van der Waals surface area contributed by atoms with Crippen molar-refractivity contribution >= 4 is 147 Å². The van der Waals surface area contributed by atoms with Gasteiger partial charge in [0, 0.05) is 144 Å². The second kappa shape index (κ2) is 36.8. The molecule has 0 spiro atoms. The van der Waals surface area contributed by atoms with Gasteiger partial charge in [-0.05, 0) is 199 Å². The Morgan fingerprint density at radius 3 is 1.18 bits per heavy atom. The third kappa shape index (κ3) is 15.4. The number of nitrogens with zero attached hydrogens (tertiary/aromatic N) is 16. The number of pyridine rings is 6. The van der Waals surface area contributed by atoms with Gasteiger partial charge in [0.1, 0.15) is 11.7 Å². The van der Waals surface area contributed by atoms with Crippen LogP contribution < -0.4 is 41.0 Å². The number of nitrogens with one attached hydrogen (secondary N) is 3. The Morgan fingerprint density at radius 1 is 0.426 bits per heavy atom. The molecule has 9 aromatic heterocycles. The molecule has 3 fully saturated rings. The van der Waals surface area contributed by atoms with Crippen LogP contribution in [0.3, 0.4) is 0 Å². The molecule has 6 aliphatic rings. The number of imidazole rings is 3. The molecule has 141 heavy (non-hydrogen) atoms. The fourth-order valence-corrected chi connectivity index (χ4v) is 23.0. The predicted octanol–water partition coefficient (Wildman–Crippen LogP) is 19.9. The quantitative estimate of drug-likeness (QED) is 0.0958. The van der Waals surface area contributed by atoms with Gasteiger partial charge in [-0.25, -0.2) is 28.1 Å². The van der Waals surface area contributed by atoms with E-state index >= 15 is 18.0 Å². The number of carbonyl (C=O) groups is 4. The maximum atomic E-state index is 17.8. The van der Waals surface area contributed by atoms with Crippen LogP contribution in [0.2, 0.25) is 15.1 Å². The van der Waals surface area contributed by atoms with Gasteiger partial charge in [0.05, 0.1) is 154 Å². The first-order chi connectivity index (χ1) is 67.4. The Balaban J connectivity index is 0.000000135. The summed E-state index contributed by atoms with van der Waals surface area (Å²) in [5.41, 5.74) is 15.5. The van der Waals surface area contributed by atoms with Crippen molar-refractivity contribution in [1.82, 2.24) is 73.3 Å². The zero-order chi connectivity index (χ0) is 100. The summed E-state index contributed by atoms with van der Waals surface area (Å²) in [7, 11) is 1.54. The third-order valence-corrected chi connectivity index (χ3v) is 29.9. The molecule has 15 heterocycles. The molecule has 0 bridgehead atoms. The number of rotatable bonds is 12. The molecule has 21 rings (SSSR count). The number of hydrogen-bond donors (Lipinski definition) is 3. The van der Waals surface area contributed by atoms with Crippen LogP contribution in [0.25, 0.3) is 116 Å². The highest BCUT2D eigenvalue weighted by atomic mass is 35.5. The summed E-state index contributed by atoms with van der Waals surface area (Å²) in [5, 5.41) is 1.91. The molecular weight excluding hydrogens is 1850 g/mol. The second-order valence-electron chi connectivity index (χ2n) is 38.7. The number of anilines is 4. The molecular formula is C108H107Cl3F3N19O8. The summed E-state index contributed by atoms with van der Waals surface area (Å²) >= 11 is 21.3. The largest absolute Gasteiger partial charge is 0.486 e. The summed E-state index contributed by atoms with van der Waals surface area (Å²) in [6, 6.07) is 20.3. The first-order valence-electron chi connectivity index (χ1n) is 47.4. The third-order valence-electron chi connectivity index (χ3n) is 29.0. The average Bonchev–Trinajstić information content (AvgIpc) is 1.45. The van der Waals surface area contributed by atoms with Crippen molar-refractivity contribution in [3.05, 3.63) is 268 Å². The van der Waals surface area contributed by atoms with Crippen LogP contribution in [-0.2, 0) is 25.6 Å². The Kier molecular flexibility index (Phi) is 24.9. The van der Waals surface area contributed by atoms with Crippen molar-refractivity contribution in [2.24, 2.45) is 0 Å². The van der Waals surface area contributed by atoms with Gasteiger partial charge >= 0.3 is 0 Å². The number of amides is 4. The van der Waals surface area contributed by atoms with Crippen LogP contribution in [0.1, 0.15) is 149 Å². The standard InChI is InChI=1S/C36H35ClFN7O3.C36H36ClFN6O3.C36H36ClFN6O2/c1-8-25(46)43-15-24-35(47)42(7)34-33(44(24)14-20(43)6)21-13-22(37)27(26-18(4)9-10-23-30(26)41-16-40-23)28(38)32(21)45(36(34)48)31-19(5)11-12-39-29(31)17(2)3;1-7-26(45)42-16-22-11-13-47-35-34(43(22)15-21(42)6)23-14-24(37)28(27-19(4)8-9-25-31(27)41-17-40-25)29(38)33(23)44(36(35)46)32-20(5)10-12-39-30(32)18(2)3;1-7-27(45)42-16-22-9-10-23-34(43(22)15-21(42)6)24-14-25(37)29(28-19(4)8-11-26-32(28)41-17-40-26)30(38)35(24)44(36(23)46)33-20(5)12-13-39-31(33)18(2)3/h8-13,16-17,20,24H,1,14-15H2,2-7H3,(H,40,41);7-10,12,14,17-18,21-22H,1,11,13,15-16H2,2-6H3,(H,40,41);7-8,11-14,17-18,21-22H,1,9-10,15-16H2,2-6H3,(H,40,41). The van der Waals surface area contributed by atoms with E-state index in [1.54, 1.807) is 77.2 Å². The molecule has 4 amide bonds. The first kappa shape index (κ1) is 95.7. The summed E-state index contributed by atoms with van der Waals surface area (Å²) in [6.07, 6.45) is 15.4. The minimum atomic E-state index is -0.811. The van der Waals surface area contributed by atoms with Crippen LogP contribution in [0.4, 0.5) is 35.9 Å². The molecule has 15 aromatic rings. The Labute approximate surface area is 826 Å². The van der Waals surface area contributed by atoms with Gasteiger partial charge in [-0.15, -0.1) is 0 Å². The van der Waals surface area contributed by atoms with Crippen LogP contribution >= 0.6 is 34.8 Å². The summed E-state index contributed by atoms with van der Waals surface area (Å²) in [4.78, 5) is 147. The van der Waals surface area contributed by atoms with Crippen LogP contribution in [0.5, 0.6) is 5.75 Å². The van der Waals surface area contributed by atoms with Gasteiger partial charge in [-0.1, -0.05) is 114 Å². The molecule has 33 heteroatoms. The fraction of sp³-hybridized carbons (Fsp3) is 0.324.